The predicted octanol–water partition coefficient (Wildman–Crippen LogP) is 14.1. The number of para-hydroxylation sites is 1. The van der Waals surface area contributed by atoms with E-state index in [1.165, 1.54) is 42.1 Å². The van der Waals surface area contributed by atoms with Gasteiger partial charge in [-0.25, -0.2) is 0 Å². The minimum absolute atomic E-state index is 0.887. The van der Waals surface area contributed by atoms with Gasteiger partial charge in [0.2, 0.25) is 0 Å². The maximum absolute atomic E-state index is 6.56. The first kappa shape index (κ1) is 27.6. The van der Waals surface area contributed by atoms with Crippen LogP contribution in [0.2, 0.25) is 0 Å². The van der Waals surface area contributed by atoms with Crippen LogP contribution in [-0.2, 0) is 0 Å². The lowest BCUT2D eigenvalue weighted by atomic mass is 10.0. The van der Waals surface area contributed by atoms with Gasteiger partial charge in [-0.2, -0.15) is 0 Å². The molecule has 11 aromatic rings. The van der Waals surface area contributed by atoms with Crippen LogP contribution in [0.5, 0.6) is 0 Å². The Morgan fingerprint density at radius 2 is 1.06 bits per heavy atom. The van der Waals surface area contributed by atoms with Gasteiger partial charge in [0.15, 0.2) is 0 Å². The van der Waals surface area contributed by atoms with Crippen molar-refractivity contribution in [1.82, 2.24) is 0 Å². The lowest BCUT2D eigenvalue weighted by molar-refractivity contribution is 0.669. The number of benzene rings is 8. The van der Waals surface area contributed by atoms with Gasteiger partial charge in [-0.3, -0.25) is 0 Å². The molecule has 11 rings (SSSR count). The van der Waals surface area contributed by atoms with E-state index in [0.29, 0.717) is 0 Å². The van der Waals surface area contributed by atoms with E-state index < -0.39 is 0 Å². The second kappa shape index (κ2) is 10.6. The first-order valence-electron chi connectivity index (χ1n) is 16.8. The molecule has 0 radical (unpaired) electrons. The van der Waals surface area contributed by atoms with Gasteiger partial charge in [0.05, 0.1) is 0 Å². The first-order chi connectivity index (χ1) is 24.8. The normalized spacial score (nSPS) is 12.0. The summed E-state index contributed by atoms with van der Waals surface area (Å²) in [5.41, 5.74) is 9.32. The molecule has 0 fully saturated rings. The van der Waals surface area contributed by atoms with E-state index >= 15 is 0 Å². The van der Waals surface area contributed by atoms with Gasteiger partial charge in [0, 0.05) is 64.2 Å². The number of fused-ring (bicyclic) bond motifs is 12. The summed E-state index contributed by atoms with van der Waals surface area (Å²) in [6.07, 6.45) is 0. The number of nitrogens with zero attached hydrogens (tertiary/aromatic N) is 1. The summed E-state index contributed by atoms with van der Waals surface area (Å²) < 4.78 is 15.3. The molecule has 3 nitrogen and oxygen atoms in total. The second-order valence-corrected chi connectivity index (χ2v) is 14.0. The van der Waals surface area contributed by atoms with E-state index in [0.717, 1.165) is 60.9 Å². The van der Waals surface area contributed by atoms with Crippen LogP contribution in [-0.4, -0.2) is 0 Å². The standard InChI is InChI=1S/C46H27NO2S/c1-2-8-28(9-3-1)29-14-17-31(18-15-29)47(32-20-23-40-38(26-32)35-12-6-7-13-39(35)48-40)33-19-22-36-43(27-33)50-42-25-24-41-44(45(36)42)37-21-16-30-10-4-5-11-34(30)46(37)49-41/h1-27H. The van der Waals surface area contributed by atoms with Crippen LogP contribution >= 0.6 is 11.3 Å². The van der Waals surface area contributed by atoms with E-state index in [1.54, 1.807) is 0 Å². The van der Waals surface area contributed by atoms with Crippen LogP contribution in [0.3, 0.4) is 0 Å². The lowest BCUT2D eigenvalue weighted by Gasteiger charge is -2.26. The molecule has 3 heterocycles. The lowest BCUT2D eigenvalue weighted by Crippen LogP contribution is -2.09. The van der Waals surface area contributed by atoms with E-state index in [-0.39, 0.29) is 0 Å². The number of rotatable bonds is 4. The Morgan fingerprint density at radius 1 is 0.380 bits per heavy atom. The fourth-order valence-electron chi connectivity index (χ4n) is 7.72. The van der Waals surface area contributed by atoms with Crippen LogP contribution in [0.25, 0.3) is 85.9 Å². The Bertz CT molecular complexity index is 3090. The van der Waals surface area contributed by atoms with Gasteiger partial charge in [-0.15, -0.1) is 11.3 Å². The zero-order valence-electron chi connectivity index (χ0n) is 26.8. The first-order valence-corrected chi connectivity index (χ1v) is 17.6. The maximum Gasteiger partial charge on any atom is 0.143 e. The van der Waals surface area contributed by atoms with Crippen molar-refractivity contribution >= 4 is 103 Å². The Hall–Kier alpha value is -6.36. The number of thiophene rings is 1. The molecule has 0 aliphatic carbocycles. The zero-order valence-corrected chi connectivity index (χ0v) is 27.6. The van der Waals surface area contributed by atoms with Gasteiger partial charge in [0.1, 0.15) is 22.3 Å². The molecule has 0 N–H and O–H groups in total. The third kappa shape index (κ3) is 4.09. The molecule has 0 unspecified atom stereocenters. The van der Waals surface area contributed by atoms with Crippen LogP contribution in [0.1, 0.15) is 0 Å². The zero-order chi connectivity index (χ0) is 32.8. The summed E-state index contributed by atoms with van der Waals surface area (Å²) in [5.74, 6) is 0. The minimum atomic E-state index is 0.887. The number of hydrogen-bond donors (Lipinski definition) is 0. The Kier molecular flexibility index (Phi) is 5.83. The minimum Gasteiger partial charge on any atom is -0.456 e. The topological polar surface area (TPSA) is 29.5 Å². The Morgan fingerprint density at radius 3 is 1.96 bits per heavy atom. The van der Waals surface area contributed by atoms with Crippen molar-refractivity contribution < 1.29 is 8.83 Å². The summed E-state index contributed by atoms with van der Waals surface area (Å²) in [4.78, 5) is 2.36. The van der Waals surface area contributed by atoms with Gasteiger partial charge in [0.25, 0.3) is 0 Å². The van der Waals surface area contributed by atoms with Crippen molar-refractivity contribution in [3.8, 4) is 11.1 Å². The summed E-state index contributed by atoms with van der Waals surface area (Å²) in [7, 11) is 0. The molecule has 0 spiro atoms. The van der Waals surface area contributed by atoms with Crippen LogP contribution < -0.4 is 4.90 Å². The fourth-order valence-corrected chi connectivity index (χ4v) is 8.87. The smallest absolute Gasteiger partial charge is 0.143 e. The average molecular weight is 658 g/mol. The van der Waals surface area contributed by atoms with Gasteiger partial charge < -0.3 is 13.7 Å². The van der Waals surface area contributed by atoms with Gasteiger partial charge in [-0.05, 0) is 83.2 Å². The molecular weight excluding hydrogens is 631 g/mol. The summed E-state index contributed by atoms with van der Waals surface area (Å²) >= 11 is 1.84. The van der Waals surface area contributed by atoms with Crippen molar-refractivity contribution in [2.24, 2.45) is 0 Å². The van der Waals surface area contributed by atoms with Crippen molar-refractivity contribution in [1.29, 1.82) is 0 Å². The molecule has 0 aliphatic heterocycles. The van der Waals surface area contributed by atoms with E-state index in [1.807, 2.05) is 23.5 Å². The Labute approximate surface area is 290 Å². The summed E-state index contributed by atoms with van der Waals surface area (Å²) in [5, 5.41) is 9.41. The third-order valence-corrected chi connectivity index (χ3v) is 11.2. The molecule has 0 aliphatic rings. The van der Waals surface area contributed by atoms with Crippen LogP contribution in [0.15, 0.2) is 173 Å². The second-order valence-electron chi connectivity index (χ2n) is 12.9. The highest BCUT2D eigenvalue weighted by Gasteiger charge is 2.20. The molecule has 234 valence electrons. The van der Waals surface area contributed by atoms with Gasteiger partial charge >= 0.3 is 0 Å². The van der Waals surface area contributed by atoms with E-state index in [9.17, 15) is 0 Å². The van der Waals surface area contributed by atoms with Crippen molar-refractivity contribution in [3.63, 3.8) is 0 Å². The highest BCUT2D eigenvalue weighted by Crippen LogP contribution is 2.46. The van der Waals surface area contributed by atoms with E-state index in [4.69, 9.17) is 8.83 Å². The average Bonchev–Trinajstić information content (AvgIpc) is 3.86. The number of furan rings is 2. The number of anilines is 3. The monoisotopic (exact) mass is 657 g/mol. The largest absolute Gasteiger partial charge is 0.456 e. The molecule has 3 aromatic heterocycles. The van der Waals surface area contributed by atoms with Crippen molar-refractivity contribution in [3.05, 3.63) is 164 Å². The van der Waals surface area contributed by atoms with E-state index in [2.05, 4.69) is 157 Å². The SMILES string of the molecule is c1ccc(-c2ccc(N(c3ccc4c(c3)sc3ccc5oc6c7ccccc7ccc6c5c34)c3ccc4oc5ccccc5c4c3)cc2)cc1. The molecule has 50 heavy (non-hydrogen) atoms. The van der Waals surface area contributed by atoms with Crippen molar-refractivity contribution in [2.45, 2.75) is 0 Å². The fraction of sp³-hybridized carbons (Fsp3) is 0. The molecule has 0 saturated heterocycles. The molecule has 8 aromatic carbocycles. The molecule has 0 saturated carbocycles. The molecule has 0 atom stereocenters. The summed E-state index contributed by atoms with van der Waals surface area (Å²) in [6.45, 7) is 0. The highest BCUT2D eigenvalue weighted by molar-refractivity contribution is 7.26. The van der Waals surface area contributed by atoms with Crippen LogP contribution in [0.4, 0.5) is 17.1 Å². The molecule has 0 bridgehead atoms. The van der Waals surface area contributed by atoms with Crippen LogP contribution in [0, 0.1) is 0 Å². The molecule has 0 amide bonds. The third-order valence-electron chi connectivity index (χ3n) is 10.1. The number of hydrogen-bond acceptors (Lipinski definition) is 4. The molecule has 4 heteroatoms. The Balaban J connectivity index is 1.12. The molecular formula is C46H27NO2S. The van der Waals surface area contributed by atoms with Crippen molar-refractivity contribution in [2.75, 3.05) is 4.90 Å². The quantitative estimate of drug-likeness (QED) is 0.189. The highest BCUT2D eigenvalue weighted by atomic mass is 32.1. The maximum atomic E-state index is 6.56. The predicted molar refractivity (Wildman–Crippen MR) is 212 cm³/mol. The summed E-state index contributed by atoms with van der Waals surface area (Å²) in [6, 6.07) is 58.3. The van der Waals surface area contributed by atoms with Gasteiger partial charge in [-0.1, -0.05) is 97.1 Å².